The maximum atomic E-state index is 11.6. The van der Waals surface area contributed by atoms with Crippen molar-refractivity contribution < 1.29 is 9.21 Å². The predicted octanol–water partition coefficient (Wildman–Crippen LogP) is 3.08. The van der Waals surface area contributed by atoms with Gasteiger partial charge in [-0.25, -0.2) is 0 Å². The zero-order valence-electron chi connectivity index (χ0n) is 8.19. The third kappa shape index (κ3) is 1.22. The summed E-state index contributed by atoms with van der Waals surface area (Å²) >= 11 is 0. The molecule has 74 valence electrons. The van der Waals surface area contributed by atoms with Crippen LogP contribution in [0, 0.1) is 0 Å². The zero-order valence-corrected chi connectivity index (χ0v) is 8.19. The fourth-order valence-electron chi connectivity index (χ4n) is 2.18. The Morgan fingerprint density at radius 1 is 1.07 bits per heavy atom. The van der Waals surface area contributed by atoms with Gasteiger partial charge < -0.3 is 4.42 Å². The molecule has 1 aromatic heterocycles. The number of hydrogen-bond acceptors (Lipinski definition) is 2. The summed E-state index contributed by atoms with van der Waals surface area (Å²) in [6.45, 7) is 0. The van der Waals surface area contributed by atoms with Crippen molar-refractivity contribution in [3.8, 4) is 11.1 Å². The van der Waals surface area contributed by atoms with Crippen molar-refractivity contribution in [2.24, 2.45) is 0 Å². The molecule has 3 rings (SSSR count). The van der Waals surface area contributed by atoms with Crippen LogP contribution in [0.25, 0.3) is 11.1 Å². The molecule has 1 heterocycles. The molecule has 1 aliphatic rings. The summed E-state index contributed by atoms with van der Waals surface area (Å²) in [6, 6.07) is 7.82. The molecule has 1 aromatic carbocycles. The summed E-state index contributed by atoms with van der Waals surface area (Å²) in [5.41, 5.74) is 4.24. The van der Waals surface area contributed by atoms with Crippen LogP contribution >= 0.6 is 0 Å². The highest BCUT2D eigenvalue weighted by molar-refractivity contribution is 6.02. The molecule has 2 nitrogen and oxygen atoms in total. The minimum Gasteiger partial charge on any atom is -0.472 e. The molecule has 0 N–H and O–H groups in total. The highest BCUT2D eigenvalue weighted by Gasteiger charge is 2.22. The smallest absolute Gasteiger partial charge is 0.163 e. The molecule has 2 aromatic rings. The maximum absolute atomic E-state index is 11.6. The Morgan fingerprint density at radius 3 is 2.73 bits per heavy atom. The lowest BCUT2D eigenvalue weighted by Crippen LogP contribution is -1.91. The van der Waals surface area contributed by atoms with Crippen LogP contribution in [0.15, 0.2) is 41.2 Å². The summed E-state index contributed by atoms with van der Waals surface area (Å²) < 4.78 is 5.07. The number of hydrogen-bond donors (Lipinski definition) is 0. The van der Waals surface area contributed by atoms with E-state index in [0.717, 1.165) is 23.1 Å². The Labute approximate surface area is 87.5 Å². The van der Waals surface area contributed by atoms with Gasteiger partial charge in [0.1, 0.15) is 0 Å². The lowest BCUT2D eigenvalue weighted by atomic mass is 9.99. The SMILES string of the molecule is O=C1CCc2c1cccc2-c1ccoc1. The minimum absolute atomic E-state index is 0.260. The van der Waals surface area contributed by atoms with Crippen molar-refractivity contribution in [3.63, 3.8) is 0 Å². The van der Waals surface area contributed by atoms with Gasteiger partial charge in [0, 0.05) is 17.5 Å². The summed E-state index contributed by atoms with van der Waals surface area (Å²) in [6.07, 6.45) is 4.88. The zero-order chi connectivity index (χ0) is 10.3. The van der Waals surface area contributed by atoms with E-state index in [4.69, 9.17) is 4.42 Å². The van der Waals surface area contributed by atoms with Gasteiger partial charge in [-0.2, -0.15) is 0 Å². The standard InChI is InChI=1S/C13H10O2/c14-13-5-4-11-10(2-1-3-12(11)13)9-6-7-15-8-9/h1-3,6-8H,4-5H2. The lowest BCUT2D eigenvalue weighted by molar-refractivity contribution is 0.0994. The van der Waals surface area contributed by atoms with E-state index in [-0.39, 0.29) is 5.78 Å². The molecule has 0 saturated heterocycles. The summed E-state index contributed by atoms with van der Waals surface area (Å²) in [7, 11) is 0. The molecule has 15 heavy (non-hydrogen) atoms. The van der Waals surface area contributed by atoms with Crippen molar-refractivity contribution >= 4 is 5.78 Å². The average molecular weight is 198 g/mol. The van der Waals surface area contributed by atoms with E-state index in [1.807, 2.05) is 24.3 Å². The fourth-order valence-corrected chi connectivity index (χ4v) is 2.18. The third-order valence-electron chi connectivity index (χ3n) is 2.91. The van der Waals surface area contributed by atoms with Gasteiger partial charge in [0.15, 0.2) is 5.78 Å². The van der Waals surface area contributed by atoms with Crippen LogP contribution in [0.4, 0.5) is 0 Å². The van der Waals surface area contributed by atoms with Gasteiger partial charge in [-0.05, 0) is 23.6 Å². The molecule has 2 heteroatoms. The first-order valence-corrected chi connectivity index (χ1v) is 5.04. The number of carbonyl (C=O) groups is 1. The summed E-state index contributed by atoms with van der Waals surface area (Å²) in [5.74, 6) is 0.260. The molecule has 0 unspecified atom stereocenters. The topological polar surface area (TPSA) is 30.2 Å². The number of benzene rings is 1. The van der Waals surface area contributed by atoms with Gasteiger partial charge >= 0.3 is 0 Å². The van der Waals surface area contributed by atoms with E-state index >= 15 is 0 Å². The Balaban J connectivity index is 2.23. The van der Waals surface area contributed by atoms with E-state index < -0.39 is 0 Å². The molecule has 0 radical (unpaired) electrons. The summed E-state index contributed by atoms with van der Waals surface area (Å²) in [4.78, 5) is 11.6. The van der Waals surface area contributed by atoms with Crippen LogP contribution in [0.2, 0.25) is 0 Å². The van der Waals surface area contributed by atoms with Crippen LogP contribution in [-0.4, -0.2) is 5.78 Å². The second kappa shape index (κ2) is 3.09. The van der Waals surface area contributed by atoms with Gasteiger partial charge in [0.25, 0.3) is 0 Å². The Bertz CT molecular complexity index is 509. The highest BCUT2D eigenvalue weighted by atomic mass is 16.3. The third-order valence-corrected chi connectivity index (χ3v) is 2.91. The Morgan fingerprint density at radius 2 is 1.93 bits per heavy atom. The highest BCUT2D eigenvalue weighted by Crippen LogP contribution is 2.32. The first-order chi connectivity index (χ1) is 7.36. The number of fused-ring (bicyclic) bond motifs is 1. The second-order valence-corrected chi connectivity index (χ2v) is 3.77. The second-order valence-electron chi connectivity index (χ2n) is 3.77. The molecule has 0 aliphatic heterocycles. The van der Waals surface area contributed by atoms with Crippen LogP contribution in [0.1, 0.15) is 22.3 Å². The molecular formula is C13H10O2. The molecule has 0 atom stereocenters. The van der Waals surface area contributed by atoms with Gasteiger partial charge in [0.2, 0.25) is 0 Å². The maximum Gasteiger partial charge on any atom is 0.163 e. The molecule has 1 aliphatic carbocycles. The van der Waals surface area contributed by atoms with E-state index in [2.05, 4.69) is 0 Å². The molecule has 0 amide bonds. The normalized spacial score (nSPS) is 14.3. The minimum atomic E-state index is 0.260. The van der Waals surface area contributed by atoms with Gasteiger partial charge in [-0.1, -0.05) is 18.2 Å². The largest absolute Gasteiger partial charge is 0.472 e. The van der Waals surface area contributed by atoms with Crippen LogP contribution < -0.4 is 0 Å². The van der Waals surface area contributed by atoms with Gasteiger partial charge in [-0.3, -0.25) is 4.79 Å². The van der Waals surface area contributed by atoms with E-state index in [1.54, 1.807) is 12.5 Å². The monoisotopic (exact) mass is 198 g/mol. The van der Waals surface area contributed by atoms with Crippen LogP contribution in [0.5, 0.6) is 0 Å². The predicted molar refractivity (Wildman–Crippen MR) is 56.8 cm³/mol. The number of Topliss-reactive ketones (excluding diaryl/α,β-unsaturated/α-hetero) is 1. The first kappa shape index (κ1) is 8.48. The Hall–Kier alpha value is -1.83. The number of carbonyl (C=O) groups excluding carboxylic acids is 1. The number of ketones is 1. The molecule has 0 saturated carbocycles. The molecule has 0 bridgehead atoms. The van der Waals surface area contributed by atoms with Crippen molar-refractivity contribution in [3.05, 3.63) is 47.9 Å². The van der Waals surface area contributed by atoms with Crippen molar-refractivity contribution in [1.29, 1.82) is 0 Å². The Kier molecular flexibility index (Phi) is 1.75. The van der Waals surface area contributed by atoms with Crippen molar-refractivity contribution in [2.75, 3.05) is 0 Å². The quantitative estimate of drug-likeness (QED) is 0.704. The average Bonchev–Trinajstić information content (AvgIpc) is 2.88. The molecular weight excluding hydrogens is 188 g/mol. The van der Waals surface area contributed by atoms with E-state index in [9.17, 15) is 4.79 Å². The van der Waals surface area contributed by atoms with Gasteiger partial charge in [0.05, 0.1) is 12.5 Å². The number of furan rings is 1. The number of rotatable bonds is 1. The van der Waals surface area contributed by atoms with E-state index in [0.29, 0.717) is 6.42 Å². The fraction of sp³-hybridized carbons (Fsp3) is 0.154. The van der Waals surface area contributed by atoms with Crippen LogP contribution in [0.3, 0.4) is 0 Å². The molecule has 0 fully saturated rings. The lowest BCUT2D eigenvalue weighted by Gasteiger charge is -2.04. The first-order valence-electron chi connectivity index (χ1n) is 5.04. The van der Waals surface area contributed by atoms with Crippen molar-refractivity contribution in [1.82, 2.24) is 0 Å². The summed E-state index contributed by atoms with van der Waals surface area (Å²) in [5, 5.41) is 0. The van der Waals surface area contributed by atoms with E-state index in [1.165, 1.54) is 5.56 Å². The van der Waals surface area contributed by atoms with Crippen LogP contribution in [-0.2, 0) is 6.42 Å². The van der Waals surface area contributed by atoms with Gasteiger partial charge in [-0.15, -0.1) is 0 Å². The van der Waals surface area contributed by atoms with Crippen molar-refractivity contribution in [2.45, 2.75) is 12.8 Å². The molecule has 0 spiro atoms.